The first-order valence-electron chi connectivity index (χ1n) is 13.3. The molecule has 214 valence electrons. The number of fused-ring (bicyclic) bond motifs is 4. The molecule has 0 fully saturated rings. The van der Waals surface area contributed by atoms with Gasteiger partial charge in [0, 0.05) is 29.5 Å². The van der Waals surface area contributed by atoms with Crippen LogP contribution in [-0.2, 0) is 27.1 Å². The molecule has 2 aliphatic heterocycles. The Bertz CT molecular complexity index is 2170. The monoisotopic (exact) mass is 578 g/mol. The normalized spacial score (nSPS) is 15.9. The highest BCUT2D eigenvalue weighted by molar-refractivity contribution is 5.94. The molecule has 0 saturated carbocycles. The van der Waals surface area contributed by atoms with Crippen molar-refractivity contribution in [3.63, 3.8) is 0 Å². The maximum absolute atomic E-state index is 13.0. The molecule has 4 heterocycles. The number of rotatable bonds is 5. The summed E-state index contributed by atoms with van der Waals surface area (Å²) >= 11 is 0. The van der Waals surface area contributed by atoms with E-state index in [1.165, 1.54) is 31.4 Å². The lowest BCUT2D eigenvalue weighted by Gasteiger charge is -2.32. The van der Waals surface area contributed by atoms with Crippen molar-refractivity contribution in [3.8, 4) is 17.2 Å². The second-order valence-corrected chi connectivity index (χ2v) is 10.2. The Morgan fingerprint density at radius 2 is 1.58 bits per heavy atom. The van der Waals surface area contributed by atoms with Gasteiger partial charge >= 0.3 is 17.2 Å². The number of ether oxygens (including phenoxy) is 3. The van der Waals surface area contributed by atoms with Gasteiger partial charge in [0.1, 0.15) is 22.8 Å². The van der Waals surface area contributed by atoms with Crippen molar-refractivity contribution in [1.82, 2.24) is 0 Å². The van der Waals surface area contributed by atoms with Gasteiger partial charge in [-0.05, 0) is 59.5 Å². The summed E-state index contributed by atoms with van der Waals surface area (Å²) in [4.78, 5) is 37.5. The number of benzene rings is 3. The number of phenols is 2. The van der Waals surface area contributed by atoms with E-state index in [0.717, 1.165) is 5.56 Å². The Morgan fingerprint density at radius 1 is 0.814 bits per heavy atom. The van der Waals surface area contributed by atoms with Crippen LogP contribution in [0.1, 0.15) is 22.3 Å². The van der Waals surface area contributed by atoms with Crippen LogP contribution in [-0.4, -0.2) is 29.6 Å². The first kappa shape index (κ1) is 26.1. The van der Waals surface area contributed by atoms with Crippen LogP contribution < -0.4 is 16.0 Å². The Morgan fingerprint density at radius 3 is 2.42 bits per heavy atom. The molecule has 0 spiro atoms. The van der Waals surface area contributed by atoms with Crippen LogP contribution in [0.4, 0.5) is 0 Å². The van der Waals surface area contributed by atoms with Gasteiger partial charge in [-0.3, -0.25) is 0 Å². The van der Waals surface area contributed by atoms with Gasteiger partial charge in [-0.2, -0.15) is 0 Å². The lowest BCUT2D eigenvalue weighted by Crippen LogP contribution is -2.34. The third-order valence-electron chi connectivity index (χ3n) is 7.49. The van der Waals surface area contributed by atoms with Crippen molar-refractivity contribution in [3.05, 3.63) is 127 Å². The molecule has 1 atom stereocenters. The van der Waals surface area contributed by atoms with Gasteiger partial charge in [0.15, 0.2) is 11.3 Å². The number of phenolic OH excluding ortho intramolecular Hbond substituents is 2. The van der Waals surface area contributed by atoms with Gasteiger partial charge in [0.2, 0.25) is 0 Å². The third-order valence-corrected chi connectivity index (χ3v) is 7.49. The quantitative estimate of drug-likeness (QED) is 0.222. The van der Waals surface area contributed by atoms with Crippen molar-refractivity contribution < 1.29 is 38.1 Å². The molecule has 2 aliphatic rings. The molecule has 0 bridgehead atoms. The number of methoxy groups -OCH3 is 1. The zero-order valence-corrected chi connectivity index (χ0v) is 22.6. The number of aromatic hydroxyl groups is 2. The van der Waals surface area contributed by atoms with Crippen molar-refractivity contribution in [2.45, 2.75) is 19.1 Å². The summed E-state index contributed by atoms with van der Waals surface area (Å²) in [5.41, 5.74) is 2.31. The van der Waals surface area contributed by atoms with Crippen LogP contribution in [0, 0.1) is 0 Å². The lowest BCUT2D eigenvalue weighted by molar-refractivity contribution is -0.155. The summed E-state index contributed by atoms with van der Waals surface area (Å²) in [7, 11) is 1.50. The van der Waals surface area contributed by atoms with Crippen molar-refractivity contribution in [2.24, 2.45) is 0 Å². The molecular formula is C33H22O10. The number of carbonyl (C=O) groups excluding carboxylic acids is 1. The van der Waals surface area contributed by atoms with Crippen molar-refractivity contribution in [1.29, 1.82) is 0 Å². The van der Waals surface area contributed by atoms with Gasteiger partial charge in [-0.25, -0.2) is 14.4 Å². The van der Waals surface area contributed by atoms with E-state index in [1.54, 1.807) is 36.4 Å². The molecule has 43 heavy (non-hydrogen) atoms. The Kier molecular flexibility index (Phi) is 6.05. The molecule has 2 N–H and O–H groups in total. The van der Waals surface area contributed by atoms with E-state index in [4.69, 9.17) is 23.0 Å². The highest BCUT2D eigenvalue weighted by Gasteiger charge is 2.36. The molecule has 0 amide bonds. The fraction of sp³-hybridized carbons (Fsp3) is 0.121. The molecule has 3 aromatic carbocycles. The molecule has 0 aliphatic carbocycles. The minimum atomic E-state index is -1.05. The Labute approximate surface area is 242 Å². The predicted molar refractivity (Wildman–Crippen MR) is 154 cm³/mol. The van der Waals surface area contributed by atoms with Gasteiger partial charge in [-0.1, -0.05) is 24.3 Å². The summed E-state index contributed by atoms with van der Waals surface area (Å²) in [6.07, 6.45) is 0.903. The maximum Gasteiger partial charge on any atom is 0.337 e. The van der Waals surface area contributed by atoms with Crippen LogP contribution in [0.15, 0.2) is 102 Å². The first-order chi connectivity index (χ1) is 20.8. The van der Waals surface area contributed by atoms with Crippen molar-refractivity contribution in [2.75, 3.05) is 7.11 Å². The second-order valence-electron chi connectivity index (χ2n) is 10.2. The summed E-state index contributed by atoms with van der Waals surface area (Å²) in [6, 6.07) is 17.5. The molecule has 10 heteroatoms. The Balaban J connectivity index is 1.29. The van der Waals surface area contributed by atoms with Crippen molar-refractivity contribution >= 4 is 33.7 Å². The molecule has 2 aromatic heterocycles. The zero-order valence-electron chi connectivity index (χ0n) is 22.6. The molecule has 7 rings (SSSR count). The molecule has 0 saturated heterocycles. The lowest BCUT2D eigenvalue weighted by atomic mass is 9.93. The third kappa shape index (κ3) is 4.49. The van der Waals surface area contributed by atoms with Crippen LogP contribution in [0.3, 0.4) is 0 Å². The second kappa shape index (κ2) is 9.95. The average molecular weight is 579 g/mol. The smallest absolute Gasteiger partial charge is 0.337 e. The summed E-state index contributed by atoms with van der Waals surface area (Å²) < 4.78 is 27.9. The average Bonchev–Trinajstić information content (AvgIpc) is 2.97. The number of carbonyl (C=O) groups is 1. The van der Waals surface area contributed by atoms with E-state index in [2.05, 4.69) is 0 Å². The van der Waals surface area contributed by atoms with E-state index in [1.807, 2.05) is 12.1 Å². The SMILES string of the molecule is COC1=C2C=C(Cc3cc(=O)oc4c(O)cccc34)C(=O)OC2Oc2ccc(Cc3cc(=O)oc4cccc(O)c34)cc21. The summed E-state index contributed by atoms with van der Waals surface area (Å²) in [6.45, 7) is 0. The van der Waals surface area contributed by atoms with E-state index in [-0.39, 0.29) is 34.7 Å². The van der Waals surface area contributed by atoms with Crippen LogP contribution in [0.25, 0.3) is 27.7 Å². The summed E-state index contributed by atoms with van der Waals surface area (Å²) in [5.74, 6) is 0.0463. The van der Waals surface area contributed by atoms with Crippen LogP contribution >= 0.6 is 0 Å². The highest BCUT2D eigenvalue weighted by atomic mass is 16.7. The number of hydrogen-bond acceptors (Lipinski definition) is 10. The van der Waals surface area contributed by atoms with Crippen LogP contribution in [0.2, 0.25) is 0 Å². The van der Waals surface area contributed by atoms with Gasteiger partial charge in [0.25, 0.3) is 6.29 Å². The fourth-order valence-corrected chi connectivity index (χ4v) is 5.63. The van der Waals surface area contributed by atoms with Gasteiger partial charge < -0.3 is 33.3 Å². The minimum Gasteiger partial charge on any atom is -0.507 e. The van der Waals surface area contributed by atoms with E-state index < -0.39 is 23.5 Å². The molecule has 0 radical (unpaired) electrons. The zero-order chi connectivity index (χ0) is 29.8. The topological polar surface area (TPSA) is 146 Å². The first-order valence-corrected chi connectivity index (χ1v) is 13.3. The van der Waals surface area contributed by atoms with E-state index >= 15 is 0 Å². The largest absolute Gasteiger partial charge is 0.507 e. The van der Waals surface area contributed by atoms with E-state index in [0.29, 0.717) is 51.0 Å². The van der Waals surface area contributed by atoms with E-state index in [9.17, 15) is 24.6 Å². The van der Waals surface area contributed by atoms with Gasteiger partial charge in [-0.15, -0.1) is 0 Å². The highest BCUT2D eigenvalue weighted by Crippen LogP contribution is 2.41. The summed E-state index contributed by atoms with van der Waals surface area (Å²) in [5, 5.41) is 21.6. The fourth-order valence-electron chi connectivity index (χ4n) is 5.63. The Hall–Kier alpha value is -5.77. The minimum absolute atomic E-state index is 0.000880. The number of esters is 1. The predicted octanol–water partition coefficient (Wildman–Crippen LogP) is 4.70. The molecular weight excluding hydrogens is 556 g/mol. The van der Waals surface area contributed by atoms with Crippen LogP contribution in [0.5, 0.6) is 17.2 Å². The molecule has 10 nitrogen and oxygen atoms in total. The number of para-hydroxylation sites is 1. The molecule has 5 aromatic rings. The maximum atomic E-state index is 13.0. The van der Waals surface area contributed by atoms with Gasteiger partial charge in [0.05, 0.1) is 23.6 Å². The molecule has 1 unspecified atom stereocenters. The standard InChI is InChI=1S/C33H22O10/c1-39-30-21-11-16(10-18-15-27(36)40-26-7-3-5-23(34)29(18)26)8-9-25(21)41-33-22(30)13-19(32(38)43-33)12-17-14-28(37)42-31-20(17)4-2-6-24(31)35/h2-9,11,13-15,33-35H,10,12H2,1H3. The number of hydrogen-bond donors (Lipinski definition) is 2.